The van der Waals surface area contributed by atoms with Gasteiger partial charge in [-0.05, 0) is 24.6 Å². The van der Waals surface area contributed by atoms with Crippen molar-refractivity contribution in [3.8, 4) is 0 Å². The third kappa shape index (κ3) is 3.96. The van der Waals surface area contributed by atoms with E-state index in [4.69, 9.17) is 23.2 Å². The summed E-state index contributed by atoms with van der Waals surface area (Å²) < 4.78 is 2.01. The number of nitrogens with one attached hydrogen (secondary N) is 1. The number of rotatable bonds is 6. The van der Waals surface area contributed by atoms with Gasteiger partial charge in [0.2, 0.25) is 0 Å². The van der Waals surface area contributed by atoms with E-state index < -0.39 is 0 Å². The van der Waals surface area contributed by atoms with Gasteiger partial charge in [-0.25, -0.2) is 4.98 Å². The van der Waals surface area contributed by atoms with Crippen molar-refractivity contribution >= 4 is 23.2 Å². The highest BCUT2D eigenvalue weighted by Crippen LogP contribution is 2.26. The molecule has 0 fully saturated rings. The van der Waals surface area contributed by atoms with Gasteiger partial charge in [0.15, 0.2) is 0 Å². The fraction of sp³-hybridized carbons (Fsp3) is 0.357. The fourth-order valence-corrected chi connectivity index (χ4v) is 2.22. The fourth-order valence-electron chi connectivity index (χ4n) is 1.84. The molecule has 0 radical (unpaired) electrons. The summed E-state index contributed by atoms with van der Waals surface area (Å²) in [6.07, 6.45) is 4.97. The van der Waals surface area contributed by atoms with E-state index >= 15 is 0 Å². The normalized spacial score (nSPS) is 10.9. The molecule has 0 atom stereocenters. The molecule has 2 aromatic rings. The monoisotopic (exact) mass is 297 g/mol. The van der Waals surface area contributed by atoms with Gasteiger partial charge < -0.3 is 9.88 Å². The Balaban J connectivity index is 2.01. The van der Waals surface area contributed by atoms with Gasteiger partial charge in [0.25, 0.3) is 0 Å². The van der Waals surface area contributed by atoms with Gasteiger partial charge >= 0.3 is 0 Å². The number of hydrogen-bond acceptors (Lipinski definition) is 2. The molecule has 0 unspecified atom stereocenters. The summed E-state index contributed by atoms with van der Waals surface area (Å²) in [6, 6.07) is 5.68. The van der Waals surface area contributed by atoms with Crippen molar-refractivity contribution in [2.75, 3.05) is 6.54 Å². The van der Waals surface area contributed by atoms with Crippen LogP contribution < -0.4 is 5.32 Å². The van der Waals surface area contributed by atoms with Crippen molar-refractivity contribution in [2.45, 2.75) is 26.4 Å². The molecule has 2 rings (SSSR count). The number of aromatic nitrogens is 2. The lowest BCUT2D eigenvalue weighted by molar-refractivity contribution is 0.665. The van der Waals surface area contributed by atoms with Crippen molar-refractivity contribution < 1.29 is 0 Å². The summed E-state index contributed by atoms with van der Waals surface area (Å²) in [5.74, 6) is 0. The Bertz CT molecular complexity index is 537. The summed E-state index contributed by atoms with van der Waals surface area (Å²) in [4.78, 5) is 4.36. The number of imidazole rings is 1. The van der Waals surface area contributed by atoms with Gasteiger partial charge in [0.05, 0.1) is 28.6 Å². The highest BCUT2D eigenvalue weighted by molar-refractivity contribution is 6.42. The molecular weight excluding hydrogens is 281 g/mol. The summed E-state index contributed by atoms with van der Waals surface area (Å²) in [5, 5.41) is 4.53. The van der Waals surface area contributed by atoms with Crippen LogP contribution in [0.1, 0.15) is 24.6 Å². The zero-order valence-electron chi connectivity index (χ0n) is 10.9. The van der Waals surface area contributed by atoms with Gasteiger partial charge in [0, 0.05) is 12.7 Å². The van der Waals surface area contributed by atoms with Crippen LogP contribution in [0.4, 0.5) is 0 Å². The van der Waals surface area contributed by atoms with E-state index in [1.165, 1.54) is 0 Å². The Morgan fingerprint density at radius 2 is 2.16 bits per heavy atom. The second kappa shape index (κ2) is 6.94. The number of halogens is 2. The minimum atomic E-state index is 0.587. The SMILES string of the molecule is CCCNCc1cn(Cc2cccc(Cl)c2Cl)cn1. The maximum atomic E-state index is 6.17. The Labute approximate surface area is 123 Å². The standard InChI is InChI=1S/C14H17Cl2N3/c1-2-6-17-7-12-9-19(10-18-12)8-11-4-3-5-13(15)14(11)16/h3-5,9-10,17H,2,6-8H2,1H3. The molecule has 0 bridgehead atoms. The van der Waals surface area contributed by atoms with Crippen molar-refractivity contribution in [1.82, 2.24) is 14.9 Å². The Hall–Kier alpha value is -1.03. The van der Waals surface area contributed by atoms with E-state index in [2.05, 4.69) is 17.2 Å². The van der Waals surface area contributed by atoms with Crippen LogP contribution in [0.25, 0.3) is 0 Å². The molecule has 1 aromatic heterocycles. The van der Waals surface area contributed by atoms with Crippen molar-refractivity contribution in [3.63, 3.8) is 0 Å². The smallest absolute Gasteiger partial charge is 0.0953 e. The van der Waals surface area contributed by atoms with Crippen LogP contribution in [0.15, 0.2) is 30.7 Å². The second-order valence-electron chi connectivity index (χ2n) is 4.43. The largest absolute Gasteiger partial charge is 0.333 e. The highest BCUT2D eigenvalue weighted by atomic mass is 35.5. The summed E-state index contributed by atoms with van der Waals surface area (Å²) in [6.45, 7) is 4.63. The average Bonchev–Trinajstić information content (AvgIpc) is 2.83. The maximum absolute atomic E-state index is 6.17. The third-order valence-electron chi connectivity index (χ3n) is 2.80. The average molecular weight is 298 g/mol. The van der Waals surface area contributed by atoms with E-state index in [1.807, 2.05) is 29.2 Å². The first-order valence-electron chi connectivity index (χ1n) is 6.35. The molecule has 102 valence electrons. The first kappa shape index (κ1) is 14.4. The van der Waals surface area contributed by atoms with Gasteiger partial charge in [-0.1, -0.05) is 42.3 Å². The third-order valence-corrected chi connectivity index (χ3v) is 3.66. The van der Waals surface area contributed by atoms with Gasteiger partial charge in [-0.3, -0.25) is 0 Å². The summed E-state index contributed by atoms with van der Waals surface area (Å²) in [7, 11) is 0. The Morgan fingerprint density at radius 1 is 1.32 bits per heavy atom. The molecule has 0 aliphatic carbocycles. The minimum absolute atomic E-state index is 0.587. The molecule has 3 nitrogen and oxygen atoms in total. The van der Waals surface area contributed by atoms with E-state index in [-0.39, 0.29) is 0 Å². The van der Waals surface area contributed by atoms with E-state index in [1.54, 1.807) is 6.07 Å². The molecule has 0 aliphatic heterocycles. The van der Waals surface area contributed by atoms with E-state index in [0.29, 0.717) is 16.6 Å². The predicted octanol–water partition coefficient (Wildman–Crippen LogP) is 3.74. The topological polar surface area (TPSA) is 29.9 Å². The lowest BCUT2D eigenvalue weighted by Crippen LogP contribution is -2.13. The lowest BCUT2D eigenvalue weighted by atomic mass is 10.2. The number of benzene rings is 1. The lowest BCUT2D eigenvalue weighted by Gasteiger charge is -2.06. The van der Waals surface area contributed by atoms with Crippen molar-refractivity contribution in [3.05, 3.63) is 52.0 Å². The molecule has 19 heavy (non-hydrogen) atoms. The predicted molar refractivity (Wildman–Crippen MR) is 79.8 cm³/mol. The van der Waals surface area contributed by atoms with Crippen LogP contribution in [0.2, 0.25) is 10.0 Å². The van der Waals surface area contributed by atoms with Crippen LogP contribution in [-0.2, 0) is 13.1 Å². The zero-order chi connectivity index (χ0) is 13.7. The molecule has 5 heteroatoms. The van der Waals surface area contributed by atoms with Gasteiger partial charge in [-0.15, -0.1) is 0 Å². The molecule has 0 spiro atoms. The minimum Gasteiger partial charge on any atom is -0.333 e. The second-order valence-corrected chi connectivity index (χ2v) is 5.21. The summed E-state index contributed by atoms with van der Waals surface area (Å²) in [5.41, 5.74) is 2.03. The Morgan fingerprint density at radius 3 is 2.95 bits per heavy atom. The van der Waals surface area contributed by atoms with Crippen LogP contribution in [0, 0.1) is 0 Å². The van der Waals surface area contributed by atoms with Gasteiger partial charge in [0.1, 0.15) is 0 Å². The molecule has 0 saturated heterocycles. The van der Waals surface area contributed by atoms with Crippen molar-refractivity contribution in [2.24, 2.45) is 0 Å². The van der Waals surface area contributed by atoms with Crippen LogP contribution >= 0.6 is 23.2 Å². The molecule has 1 N–H and O–H groups in total. The maximum Gasteiger partial charge on any atom is 0.0953 e. The summed E-state index contributed by atoms with van der Waals surface area (Å²) >= 11 is 12.2. The van der Waals surface area contributed by atoms with Crippen LogP contribution in [-0.4, -0.2) is 16.1 Å². The highest BCUT2D eigenvalue weighted by Gasteiger charge is 2.05. The van der Waals surface area contributed by atoms with E-state index in [0.717, 1.165) is 30.8 Å². The molecule has 1 aromatic carbocycles. The Kier molecular flexibility index (Phi) is 5.25. The molecule has 0 amide bonds. The van der Waals surface area contributed by atoms with E-state index in [9.17, 15) is 0 Å². The first-order valence-corrected chi connectivity index (χ1v) is 7.10. The quantitative estimate of drug-likeness (QED) is 0.823. The zero-order valence-corrected chi connectivity index (χ0v) is 12.4. The first-order chi connectivity index (χ1) is 9.20. The van der Waals surface area contributed by atoms with Crippen LogP contribution in [0.3, 0.4) is 0 Å². The number of hydrogen-bond donors (Lipinski definition) is 1. The molecular formula is C14H17Cl2N3. The molecule has 0 saturated carbocycles. The molecule has 0 aliphatic rings. The van der Waals surface area contributed by atoms with Crippen LogP contribution in [0.5, 0.6) is 0 Å². The van der Waals surface area contributed by atoms with Gasteiger partial charge in [-0.2, -0.15) is 0 Å². The van der Waals surface area contributed by atoms with Crippen molar-refractivity contribution in [1.29, 1.82) is 0 Å². The molecule has 1 heterocycles. The number of nitrogens with zero attached hydrogens (tertiary/aromatic N) is 2.